The van der Waals surface area contributed by atoms with E-state index in [9.17, 15) is 13.2 Å². The van der Waals surface area contributed by atoms with Gasteiger partial charge in [0, 0.05) is 5.56 Å². The topological polar surface area (TPSA) is 36.7 Å². The number of hydrogen-bond donors (Lipinski definition) is 0. The smallest absolute Gasteiger partial charge is 0.243 e. The molecule has 0 atom stereocenters. The Morgan fingerprint density at radius 2 is 1.68 bits per heavy atom. The van der Waals surface area contributed by atoms with E-state index < -0.39 is 11.9 Å². The molecule has 0 fully saturated rings. The highest BCUT2D eigenvalue weighted by atomic mass is 35.5. The summed E-state index contributed by atoms with van der Waals surface area (Å²) in [5, 5.41) is 8.94. The molecule has 0 aliphatic rings. The van der Waals surface area contributed by atoms with Crippen molar-refractivity contribution < 1.29 is 13.2 Å². The van der Waals surface area contributed by atoms with Crippen LogP contribution in [0.15, 0.2) is 24.3 Å². The molecular weight excluding hydrogens is 360 g/mol. The van der Waals surface area contributed by atoms with Gasteiger partial charge in [-0.2, -0.15) is 18.4 Å². The number of nitriles is 1. The number of halogens is 6. The minimum atomic E-state index is -4.66. The molecule has 0 radical (unpaired) electrons. The Balaban J connectivity index is 2.61. The van der Waals surface area contributed by atoms with Gasteiger partial charge in [-0.05, 0) is 23.8 Å². The fourth-order valence-electron chi connectivity index (χ4n) is 1.83. The Hall–Kier alpha value is -1.48. The molecule has 2 aromatic rings. The fraction of sp³-hybridized carbons (Fsp3) is 0.143. The summed E-state index contributed by atoms with van der Waals surface area (Å²) in [5.41, 5.74) is -0.957. The van der Waals surface area contributed by atoms with Crippen LogP contribution in [0.1, 0.15) is 11.3 Å². The van der Waals surface area contributed by atoms with Gasteiger partial charge >= 0.3 is 6.18 Å². The van der Waals surface area contributed by atoms with Crippen molar-refractivity contribution in [3.05, 3.63) is 50.6 Å². The normalized spacial score (nSPS) is 11.3. The molecule has 22 heavy (non-hydrogen) atoms. The Morgan fingerprint density at radius 1 is 1.09 bits per heavy atom. The van der Waals surface area contributed by atoms with E-state index >= 15 is 0 Å². The molecule has 0 spiro atoms. The standard InChI is InChI=1S/C14H6Cl3F3N2/c15-9-5-8(6-10(16)12(9)17)11-2-1-7(3-4-21)13(22-11)14(18,19)20/h1-2,5-6H,3H2. The van der Waals surface area contributed by atoms with Gasteiger partial charge in [-0.15, -0.1) is 0 Å². The van der Waals surface area contributed by atoms with Crippen LogP contribution in [0.3, 0.4) is 0 Å². The minimum absolute atomic E-state index is 0.0366. The zero-order valence-corrected chi connectivity index (χ0v) is 12.9. The molecule has 1 aromatic carbocycles. The summed E-state index contributed by atoms with van der Waals surface area (Å²) in [6.07, 6.45) is -5.05. The fourth-order valence-corrected chi connectivity index (χ4v) is 2.42. The lowest BCUT2D eigenvalue weighted by Gasteiger charge is -2.12. The van der Waals surface area contributed by atoms with Crippen molar-refractivity contribution in [3.63, 3.8) is 0 Å². The van der Waals surface area contributed by atoms with Crippen LogP contribution in [0.2, 0.25) is 15.1 Å². The van der Waals surface area contributed by atoms with E-state index in [0.717, 1.165) is 0 Å². The highest BCUT2D eigenvalue weighted by Crippen LogP contribution is 2.36. The average molecular weight is 366 g/mol. The van der Waals surface area contributed by atoms with Gasteiger partial charge in [-0.1, -0.05) is 40.9 Å². The third kappa shape index (κ3) is 3.46. The van der Waals surface area contributed by atoms with E-state index in [1.165, 1.54) is 24.3 Å². The highest BCUT2D eigenvalue weighted by Gasteiger charge is 2.35. The monoisotopic (exact) mass is 364 g/mol. The first-order valence-corrected chi connectivity index (χ1v) is 6.96. The van der Waals surface area contributed by atoms with Crippen LogP contribution in [0.5, 0.6) is 0 Å². The van der Waals surface area contributed by atoms with Crippen molar-refractivity contribution in [1.82, 2.24) is 4.98 Å². The Kier molecular flexibility index (Phi) is 4.86. The maximum absolute atomic E-state index is 13.0. The third-order valence-corrected chi connectivity index (χ3v) is 3.99. The van der Waals surface area contributed by atoms with Crippen LogP contribution >= 0.6 is 34.8 Å². The second-order valence-corrected chi connectivity index (χ2v) is 5.48. The largest absolute Gasteiger partial charge is 0.433 e. The van der Waals surface area contributed by atoms with E-state index in [-0.39, 0.29) is 32.7 Å². The number of nitrogens with zero attached hydrogens (tertiary/aromatic N) is 2. The number of benzene rings is 1. The molecule has 0 N–H and O–H groups in total. The molecule has 0 aliphatic heterocycles. The Labute approximate surface area is 139 Å². The maximum Gasteiger partial charge on any atom is 0.433 e. The van der Waals surface area contributed by atoms with Crippen LogP contribution < -0.4 is 0 Å². The van der Waals surface area contributed by atoms with Crippen LogP contribution in [0.25, 0.3) is 11.3 Å². The van der Waals surface area contributed by atoms with Crippen LogP contribution in [0.4, 0.5) is 13.2 Å². The molecule has 2 rings (SSSR count). The maximum atomic E-state index is 13.0. The van der Waals surface area contributed by atoms with Crippen molar-refractivity contribution in [2.45, 2.75) is 12.6 Å². The predicted octanol–water partition coefficient (Wildman–Crippen LogP) is 5.79. The number of alkyl halides is 3. The molecule has 0 unspecified atom stereocenters. The molecule has 114 valence electrons. The third-order valence-electron chi connectivity index (χ3n) is 2.80. The van der Waals surface area contributed by atoms with E-state index in [2.05, 4.69) is 4.98 Å². The first-order valence-electron chi connectivity index (χ1n) is 5.83. The molecule has 0 saturated heterocycles. The SMILES string of the molecule is N#CCc1ccc(-c2cc(Cl)c(Cl)c(Cl)c2)nc1C(F)(F)F. The van der Waals surface area contributed by atoms with Crippen LogP contribution in [-0.4, -0.2) is 4.98 Å². The van der Waals surface area contributed by atoms with Gasteiger partial charge < -0.3 is 0 Å². The zero-order chi connectivity index (χ0) is 16.5. The first kappa shape index (κ1) is 16.9. The average Bonchev–Trinajstić information content (AvgIpc) is 2.44. The van der Waals surface area contributed by atoms with Crippen molar-refractivity contribution in [3.8, 4) is 17.3 Å². The molecular formula is C14H6Cl3F3N2. The van der Waals surface area contributed by atoms with E-state index in [1.54, 1.807) is 6.07 Å². The van der Waals surface area contributed by atoms with Gasteiger partial charge in [0.05, 0.1) is 33.3 Å². The Bertz CT molecular complexity index is 744. The second kappa shape index (κ2) is 6.33. The number of pyridine rings is 1. The Morgan fingerprint density at radius 3 is 2.18 bits per heavy atom. The zero-order valence-electron chi connectivity index (χ0n) is 10.7. The molecule has 0 aliphatic carbocycles. The van der Waals surface area contributed by atoms with E-state index in [4.69, 9.17) is 40.1 Å². The molecule has 1 aromatic heterocycles. The highest BCUT2D eigenvalue weighted by molar-refractivity contribution is 6.48. The number of rotatable bonds is 2. The molecule has 0 amide bonds. The van der Waals surface area contributed by atoms with Gasteiger partial charge in [0.2, 0.25) is 0 Å². The quantitative estimate of drug-likeness (QED) is 0.631. The van der Waals surface area contributed by atoms with Gasteiger partial charge in [0.15, 0.2) is 0 Å². The molecule has 0 saturated carbocycles. The molecule has 2 nitrogen and oxygen atoms in total. The predicted molar refractivity (Wildman–Crippen MR) is 79.0 cm³/mol. The van der Waals surface area contributed by atoms with Crippen LogP contribution in [-0.2, 0) is 12.6 Å². The summed E-state index contributed by atoms with van der Waals surface area (Å²) in [4.78, 5) is 3.61. The van der Waals surface area contributed by atoms with Gasteiger partial charge in [0.1, 0.15) is 5.69 Å². The molecule has 1 heterocycles. The van der Waals surface area contributed by atoms with Gasteiger partial charge in [-0.3, -0.25) is 0 Å². The summed E-state index contributed by atoms with van der Waals surface area (Å²) >= 11 is 17.5. The van der Waals surface area contributed by atoms with Crippen molar-refractivity contribution in [2.24, 2.45) is 0 Å². The second-order valence-electron chi connectivity index (χ2n) is 4.29. The van der Waals surface area contributed by atoms with Crippen molar-refractivity contribution in [2.75, 3.05) is 0 Å². The summed E-state index contributed by atoms with van der Waals surface area (Å²) in [7, 11) is 0. The summed E-state index contributed by atoms with van der Waals surface area (Å²) in [6, 6.07) is 7.02. The van der Waals surface area contributed by atoms with E-state index in [0.29, 0.717) is 5.56 Å². The van der Waals surface area contributed by atoms with Gasteiger partial charge in [-0.25, -0.2) is 4.98 Å². The molecule has 8 heteroatoms. The lowest BCUT2D eigenvalue weighted by atomic mass is 10.1. The lowest BCUT2D eigenvalue weighted by Crippen LogP contribution is -2.12. The van der Waals surface area contributed by atoms with Gasteiger partial charge in [0.25, 0.3) is 0 Å². The van der Waals surface area contributed by atoms with E-state index in [1.807, 2.05) is 0 Å². The number of aromatic nitrogens is 1. The van der Waals surface area contributed by atoms with Crippen molar-refractivity contribution in [1.29, 1.82) is 5.26 Å². The first-order chi connectivity index (χ1) is 10.2. The number of hydrogen-bond acceptors (Lipinski definition) is 2. The van der Waals surface area contributed by atoms with Crippen molar-refractivity contribution >= 4 is 34.8 Å². The summed E-state index contributed by atoms with van der Waals surface area (Å²) < 4.78 is 39.1. The summed E-state index contributed by atoms with van der Waals surface area (Å²) in [6.45, 7) is 0. The summed E-state index contributed by atoms with van der Waals surface area (Å²) in [5.74, 6) is 0. The van der Waals surface area contributed by atoms with Crippen LogP contribution in [0, 0.1) is 11.3 Å². The minimum Gasteiger partial charge on any atom is -0.243 e. The lowest BCUT2D eigenvalue weighted by molar-refractivity contribution is -0.141. The molecule has 0 bridgehead atoms.